The lowest BCUT2D eigenvalue weighted by Gasteiger charge is -2.26. The van der Waals surface area contributed by atoms with Crippen LogP contribution in [0.4, 0.5) is 0 Å². The van der Waals surface area contributed by atoms with Crippen molar-refractivity contribution in [2.24, 2.45) is 22.0 Å². The monoisotopic (exact) mass is 212 g/mol. The Kier molecular flexibility index (Phi) is 4.58. The standard InChI is InChI=1S/C9H16N4O2/c1-6(2)9(3,4)15-13-7(5-10)8(11)12-14/h6,14H,1-4H3,(H2,11,12)/b13-7+. The van der Waals surface area contributed by atoms with Gasteiger partial charge in [-0.3, -0.25) is 0 Å². The number of nitrogens with two attached hydrogens (primary N) is 1. The van der Waals surface area contributed by atoms with E-state index in [9.17, 15) is 0 Å². The van der Waals surface area contributed by atoms with Gasteiger partial charge in [0.15, 0.2) is 0 Å². The van der Waals surface area contributed by atoms with Crippen LogP contribution in [0.1, 0.15) is 27.7 Å². The molecule has 6 heteroatoms. The molecule has 0 radical (unpaired) electrons. The van der Waals surface area contributed by atoms with Gasteiger partial charge in [0.2, 0.25) is 11.5 Å². The molecule has 84 valence electrons. The number of nitrogens with zero attached hydrogens (tertiary/aromatic N) is 3. The van der Waals surface area contributed by atoms with Gasteiger partial charge in [0.05, 0.1) is 0 Å². The molecule has 0 fully saturated rings. The van der Waals surface area contributed by atoms with Gasteiger partial charge in [-0.15, -0.1) is 0 Å². The van der Waals surface area contributed by atoms with E-state index in [-0.39, 0.29) is 17.5 Å². The Balaban J connectivity index is 4.72. The maximum atomic E-state index is 8.63. The van der Waals surface area contributed by atoms with Gasteiger partial charge in [0, 0.05) is 0 Å². The van der Waals surface area contributed by atoms with E-state index in [1.165, 1.54) is 0 Å². The van der Waals surface area contributed by atoms with Crippen LogP contribution < -0.4 is 5.73 Å². The van der Waals surface area contributed by atoms with Crippen molar-refractivity contribution in [3.63, 3.8) is 0 Å². The maximum absolute atomic E-state index is 8.63. The van der Waals surface area contributed by atoms with Gasteiger partial charge in [-0.25, -0.2) is 0 Å². The fourth-order valence-electron chi connectivity index (χ4n) is 0.441. The summed E-state index contributed by atoms with van der Waals surface area (Å²) in [5, 5.41) is 23.2. The Morgan fingerprint density at radius 3 is 2.40 bits per heavy atom. The number of amidine groups is 1. The van der Waals surface area contributed by atoms with E-state index < -0.39 is 5.60 Å². The molecule has 0 spiro atoms. The van der Waals surface area contributed by atoms with E-state index in [0.29, 0.717) is 0 Å². The van der Waals surface area contributed by atoms with Crippen LogP contribution in [-0.2, 0) is 4.84 Å². The van der Waals surface area contributed by atoms with Crippen molar-refractivity contribution in [3.8, 4) is 6.07 Å². The summed E-state index contributed by atoms with van der Waals surface area (Å²) in [4.78, 5) is 5.16. The average molecular weight is 212 g/mol. The van der Waals surface area contributed by atoms with E-state index in [2.05, 4.69) is 10.3 Å². The lowest BCUT2D eigenvalue weighted by atomic mass is 9.95. The van der Waals surface area contributed by atoms with Crippen LogP contribution in [0.2, 0.25) is 0 Å². The quantitative estimate of drug-likeness (QED) is 0.314. The largest absolute Gasteiger partial charge is 0.409 e. The smallest absolute Gasteiger partial charge is 0.224 e. The predicted octanol–water partition coefficient (Wildman–Crippen LogP) is 1.06. The molecule has 0 unspecified atom stereocenters. The molecule has 3 N–H and O–H groups in total. The Bertz CT molecular complexity index is 313. The minimum absolute atomic E-state index is 0.216. The number of rotatable bonds is 4. The lowest BCUT2D eigenvalue weighted by molar-refractivity contribution is -0.0474. The molecule has 15 heavy (non-hydrogen) atoms. The van der Waals surface area contributed by atoms with Gasteiger partial charge in [-0.1, -0.05) is 24.2 Å². The Labute approximate surface area is 89.0 Å². The van der Waals surface area contributed by atoms with E-state index >= 15 is 0 Å². The molecule has 0 bridgehead atoms. The zero-order valence-electron chi connectivity index (χ0n) is 9.35. The summed E-state index contributed by atoms with van der Waals surface area (Å²) >= 11 is 0. The minimum Gasteiger partial charge on any atom is -0.409 e. The molecule has 0 aromatic rings. The fraction of sp³-hybridized carbons (Fsp3) is 0.667. The normalized spacial score (nSPS) is 13.9. The van der Waals surface area contributed by atoms with Gasteiger partial charge in [0.1, 0.15) is 11.7 Å². The molecular weight excluding hydrogens is 196 g/mol. The summed E-state index contributed by atoms with van der Waals surface area (Å²) in [6.07, 6.45) is 0. The molecule has 0 heterocycles. The third-order valence-corrected chi connectivity index (χ3v) is 2.22. The van der Waals surface area contributed by atoms with Crippen molar-refractivity contribution in [2.75, 3.05) is 0 Å². The third-order valence-electron chi connectivity index (χ3n) is 2.22. The second kappa shape index (κ2) is 5.20. The van der Waals surface area contributed by atoms with Gasteiger partial charge in [-0.05, 0) is 19.8 Å². The Morgan fingerprint density at radius 1 is 1.53 bits per heavy atom. The second-order valence-corrected chi connectivity index (χ2v) is 3.89. The molecule has 0 aliphatic carbocycles. The molecule has 0 aliphatic rings. The van der Waals surface area contributed by atoms with E-state index in [1.807, 2.05) is 27.7 Å². The number of hydrogen-bond donors (Lipinski definition) is 2. The zero-order chi connectivity index (χ0) is 12.1. The van der Waals surface area contributed by atoms with Gasteiger partial charge < -0.3 is 15.8 Å². The van der Waals surface area contributed by atoms with Crippen LogP contribution in [0.5, 0.6) is 0 Å². The highest BCUT2D eigenvalue weighted by Gasteiger charge is 2.24. The Hall–Kier alpha value is -1.77. The molecule has 6 nitrogen and oxygen atoms in total. The average Bonchev–Trinajstić information content (AvgIpc) is 2.17. The first-order chi connectivity index (χ1) is 6.85. The van der Waals surface area contributed by atoms with Crippen LogP contribution in [0.3, 0.4) is 0 Å². The van der Waals surface area contributed by atoms with Crippen LogP contribution in [0.15, 0.2) is 10.3 Å². The number of nitriles is 1. The van der Waals surface area contributed by atoms with Gasteiger partial charge in [0.25, 0.3) is 0 Å². The second-order valence-electron chi connectivity index (χ2n) is 3.89. The van der Waals surface area contributed by atoms with Crippen molar-refractivity contribution in [3.05, 3.63) is 0 Å². The highest BCUT2D eigenvalue weighted by atomic mass is 16.6. The first-order valence-corrected chi connectivity index (χ1v) is 4.49. The highest BCUT2D eigenvalue weighted by molar-refractivity contribution is 6.46. The number of oxime groups is 2. The predicted molar refractivity (Wildman–Crippen MR) is 56.5 cm³/mol. The SMILES string of the molecule is CC(C)C(C)(C)O/N=C(C#N)/C(N)=N\O. The van der Waals surface area contributed by atoms with E-state index in [4.69, 9.17) is 21.0 Å². The summed E-state index contributed by atoms with van der Waals surface area (Å²) in [6, 6.07) is 1.67. The van der Waals surface area contributed by atoms with Gasteiger partial charge >= 0.3 is 0 Å². The molecule has 0 saturated heterocycles. The topological polar surface area (TPSA) is 104 Å². The van der Waals surface area contributed by atoms with Crippen LogP contribution in [-0.4, -0.2) is 22.4 Å². The van der Waals surface area contributed by atoms with Crippen molar-refractivity contribution in [1.29, 1.82) is 5.26 Å². The first kappa shape index (κ1) is 13.2. The molecule has 0 aromatic heterocycles. The fourth-order valence-corrected chi connectivity index (χ4v) is 0.441. The summed E-state index contributed by atoms with van der Waals surface area (Å²) < 4.78 is 0. The summed E-state index contributed by atoms with van der Waals surface area (Å²) in [5.74, 6) is -0.148. The number of hydrogen-bond acceptors (Lipinski definition) is 5. The van der Waals surface area contributed by atoms with Crippen LogP contribution in [0.25, 0.3) is 0 Å². The van der Waals surface area contributed by atoms with Crippen LogP contribution >= 0.6 is 0 Å². The highest BCUT2D eigenvalue weighted by Crippen LogP contribution is 2.20. The zero-order valence-corrected chi connectivity index (χ0v) is 9.35. The van der Waals surface area contributed by atoms with E-state index in [0.717, 1.165) is 0 Å². The summed E-state index contributed by atoms with van der Waals surface area (Å²) in [5.41, 5.74) is 4.44. The Morgan fingerprint density at radius 2 is 2.07 bits per heavy atom. The lowest BCUT2D eigenvalue weighted by Crippen LogP contribution is -2.31. The van der Waals surface area contributed by atoms with E-state index in [1.54, 1.807) is 6.07 Å². The first-order valence-electron chi connectivity index (χ1n) is 4.49. The molecule has 0 aliphatic heterocycles. The third kappa shape index (κ3) is 3.85. The van der Waals surface area contributed by atoms with Crippen LogP contribution in [0, 0.1) is 17.2 Å². The molecular formula is C9H16N4O2. The summed E-state index contributed by atoms with van der Waals surface area (Å²) in [7, 11) is 0. The maximum Gasteiger partial charge on any atom is 0.224 e. The molecule has 0 saturated carbocycles. The minimum atomic E-state index is -0.516. The van der Waals surface area contributed by atoms with Crippen molar-refractivity contribution < 1.29 is 10.0 Å². The molecule has 0 atom stereocenters. The van der Waals surface area contributed by atoms with Crippen molar-refractivity contribution in [2.45, 2.75) is 33.3 Å². The molecule has 0 aromatic carbocycles. The van der Waals surface area contributed by atoms with Crippen molar-refractivity contribution in [1.82, 2.24) is 0 Å². The molecule has 0 rings (SSSR count). The summed E-state index contributed by atoms with van der Waals surface area (Å²) in [6.45, 7) is 7.60. The van der Waals surface area contributed by atoms with Crippen molar-refractivity contribution >= 4 is 11.5 Å². The molecule has 0 amide bonds. The van der Waals surface area contributed by atoms with Gasteiger partial charge in [-0.2, -0.15) is 5.26 Å².